The second-order valence-electron chi connectivity index (χ2n) is 7.39. The van der Waals surface area contributed by atoms with Crippen molar-refractivity contribution in [2.75, 3.05) is 0 Å². The Hall–Kier alpha value is -2.42. The van der Waals surface area contributed by atoms with E-state index in [-0.39, 0.29) is 22.9 Å². The van der Waals surface area contributed by atoms with Gasteiger partial charge in [-0.25, -0.2) is 0 Å². The first-order valence-corrected chi connectivity index (χ1v) is 9.25. The fourth-order valence-electron chi connectivity index (χ4n) is 2.52. The average molecular weight is 352 g/mol. The maximum Gasteiger partial charge on any atom is 0.168 e. The zero-order valence-electron chi connectivity index (χ0n) is 16.3. The lowest BCUT2D eigenvalue weighted by atomic mass is 9.82. The van der Waals surface area contributed by atoms with Gasteiger partial charge in [-0.3, -0.25) is 9.59 Å². The molecule has 0 spiro atoms. The molecule has 3 nitrogen and oxygen atoms in total. The number of hydrogen-bond acceptors (Lipinski definition) is 3. The van der Waals surface area contributed by atoms with Gasteiger partial charge in [-0.2, -0.15) is 0 Å². The first-order valence-electron chi connectivity index (χ1n) is 9.25. The van der Waals surface area contributed by atoms with Gasteiger partial charge in [0.1, 0.15) is 11.5 Å². The van der Waals surface area contributed by atoms with Gasteiger partial charge in [0, 0.05) is 22.5 Å². The Morgan fingerprint density at radius 3 is 1.77 bits per heavy atom. The second kappa shape index (κ2) is 8.31. The summed E-state index contributed by atoms with van der Waals surface area (Å²) in [6.07, 6.45) is 1.63. The van der Waals surface area contributed by atoms with Gasteiger partial charge in [0.2, 0.25) is 0 Å². The Kier molecular flexibility index (Phi) is 6.36. The first-order chi connectivity index (χ1) is 12.3. The highest BCUT2D eigenvalue weighted by atomic mass is 16.5. The molecule has 2 rings (SSSR count). The van der Waals surface area contributed by atoms with E-state index in [4.69, 9.17) is 4.74 Å². The van der Waals surface area contributed by atoms with E-state index in [0.717, 1.165) is 12.8 Å². The van der Waals surface area contributed by atoms with Gasteiger partial charge in [-0.05, 0) is 61.4 Å². The minimum atomic E-state index is -0.361. The average Bonchev–Trinajstić information content (AvgIpc) is 2.67. The van der Waals surface area contributed by atoms with Crippen LogP contribution >= 0.6 is 0 Å². The predicted molar refractivity (Wildman–Crippen MR) is 105 cm³/mol. The molecule has 0 fully saturated rings. The Bertz CT molecular complexity index is 755. The van der Waals surface area contributed by atoms with Crippen molar-refractivity contribution in [3.05, 3.63) is 59.7 Å². The monoisotopic (exact) mass is 352 g/mol. The van der Waals surface area contributed by atoms with Crippen molar-refractivity contribution in [1.29, 1.82) is 0 Å². The van der Waals surface area contributed by atoms with Crippen LogP contribution in [0.25, 0.3) is 0 Å². The molecule has 2 aromatic rings. The van der Waals surface area contributed by atoms with Crippen LogP contribution in [0.5, 0.6) is 11.5 Å². The van der Waals surface area contributed by atoms with Crippen molar-refractivity contribution in [2.24, 2.45) is 11.3 Å². The van der Waals surface area contributed by atoms with E-state index >= 15 is 0 Å². The third-order valence-corrected chi connectivity index (χ3v) is 5.05. The molecule has 26 heavy (non-hydrogen) atoms. The molecule has 0 aromatic heterocycles. The van der Waals surface area contributed by atoms with Crippen molar-refractivity contribution >= 4 is 11.6 Å². The van der Waals surface area contributed by atoms with Crippen molar-refractivity contribution in [3.8, 4) is 11.5 Å². The van der Waals surface area contributed by atoms with Crippen LogP contribution in [0, 0.1) is 11.3 Å². The smallest absolute Gasteiger partial charge is 0.168 e. The van der Waals surface area contributed by atoms with Crippen molar-refractivity contribution in [3.63, 3.8) is 0 Å². The highest BCUT2D eigenvalue weighted by molar-refractivity contribution is 6.00. The maximum absolute atomic E-state index is 12.5. The summed E-state index contributed by atoms with van der Waals surface area (Å²) in [4.78, 5) is 24.7. The SMILES string of the molecule is CCC(C)C(=O)c1ccc(Oc2ccc(C(=O)C(C)(C)CC)cc2)cc1. The van der Waals surface area contributed by atoms with Gasteiger partial charge in [0.25, 0.3) is 0 Å². The first kappa shape index (κ1) is 19.9. The molecule has 0 saturated heterocycles. The molecule has 0 radical (unpaired) electrons. The third-order valence-electron chi connectivity index (χ3n) is 5.05. The van der Waals surface area contributed by atoms with Gasteiger partial charge in [0.15, 0.2) is 11.6 Å². The molecule has 0 saturated carbocycles. The molecule has 1 unspecified atom stereocenters. The summed E-state index contributed by atoms with van der Waals surface area (Å²) >= 11 is 0. The molecular weight excluding hydrogens is 324 g/mol. The van der Waals surface area contributed by atoms with Crippen molar-refractivity contribution in [1.82, 2.24) is 0 Å². The number of hydrogen-bond donors (Lipinski definition) is 0. The highest BCUT2D eigenvalue weighted by Crippen LogP contribution is 2.28. The van der Waals surface area contributed by atoms with Crippen LogP contribution < -0.4 is 4.74 Å². The van der Waals surface area contributed by atoms with Gasteiger partial charge in [-0.1, -0.05) is 34.6 Å². The van der Waals surface area contributed by atoms with Gasteiger partial charge < -0.3 is 4.74 Å². The number of Topliss-reactive ketones (excluding diaryl/α,β-unsaturated/α-hetero) is 2. The number of rotatable bonds is 8. The van der Waals surface area contributed by atoms with Crippen molar-refractivity contribution in [2.45, 2.75) is 47.5 Å². The van der Waals surface area contributed by atoms with Crippen LogP contribution in [0.4, 0.5) is 0 Å². The number of carbonyl (C=O) groups excluding carboxylic acids is 2. The molecule has 0 aliphatic heterocycles. The van der Waals surface area contributed by atoms with Gasteiger partial charge >= 0.3 is 0 Å². The summed E-state index contributed by atoms with van der Waals surface area (Å²) in [6, 6.07) is 14.4. The molecule has 0 heterocycles. The zero-order chi connectivity index (χ0) is 19.3. The van der Waals surface area contributed by atoms with Crippen LogP contribution in [0.3, 0.4) is 0 Å². The Labute approximate surface area is 156 Å². The Morgan fingerprint density at radius 2 is 1.35 bits per heavy atom. The summed E-state index contributed by atoms with van der Waals surface area (Å²) in [5.41, 5.74) is 1.04. The van der Waals surface area contributed by atoms with Crippen LogP contribution in [0.2, 0.25) is 0 Å². The molecule has 0 bridgehead atoms. The van der Waals surface area contributed by atoms with E-state index in [9.17, 15) is 9.59 Å². The zero-order valence-corrected chi connectivity index (χ0v) is 16.3. The quantitative estimate of drug-likeness (QED) is 0.522. The van der Waals surface area contributed by atoms with E-state index in [2.05, 4.69) is 0 Å². The molecule has 0 aliphatic carbocycles. The molecule has 3 heteroatoms. The largest absolute Gasteiger partial charge is 0.457 e. The summed E-state index contributed by atoms with van der Waals surface area (Å²) in [7, 11) is 0. The van der Waals surface area contributed by atoms with E-state index in [1.165, 1.54) is 0 Å². The van der Waals surface area contributed by atoms with E-state index in [0.29, 0.717) is 22.6 Å². The lowest BCUT2D eigenvalue weighted by Crippen LogP contribution is -2.23. The molecule has 0 N–H and O–H groups in total. The number of ether oxygens (including phenoxy) is 1. The van der Waals surface area contributed by atoms with Gasteiger partial charge in [0.05, 0.1) is 0 Å². The van der Waals surface area contributed by atoms with E-state index in [1.54, 1.807) is 48.5 Å². The van der Waals surface area contributed by atoms with Crippen LogP contribution in [-0.2, 0) is 0 Å². The van der Waals surface area contributed by atoms with Crippen LogP contribution in [0.1, 0.15) is 68.2 Å². The summed E-state index contributed by atoms with van der Waals surface area (Å²) in [5, 5.41) is 0. The van der Waals surface area contributed by atoms with Crippen LogP contribution in [0.15, 0.2) is 48.5 Å². The summed E-state index contributed by atoms with van der Waals surface area (Å²) in [5.74, 6) is 1.65. The molecule has 2 aromatic carbocycles. The Morgan fingerprint density at radius 1 is 0.885 bits per heavy atom. The fraction of sp³-hybridized carbons (Fsp3) is 0.391. The number of carbonyl (C=O) groups is 2. The molecule has 0 aliphatic rings. The lowest BCUT2D eigenvalue weighted by molar-refractivity contribution is 0.0832. The molecule has 138 valence electrons. The summed E-state index contributed by atoms with van der Waals surface area (Å²) in [6.45, 7) is 9.89. The molecule has 1 atom stereocenters. The molecule has 0 amide bonds. The Balaban J connectivity index is 2.07. The molecular formula is C23H28O3. The van der Waals surface area contributed by atoms with E-state index < -0.39 is 0 Å². The standard InChI is InChI=1S/C23H28O3/c1-6-16(3)21(24)17-8-12-19(13-9-17)26-20-14-10-18(11-15-20)22(25)23(4,5)7-2/h8-16H,6-7H2,1-5H3. The van der Waals surface area contributed by atoms with Crippen molar-refractivity contribution < 1.29 is 14.3 Å². The minimum absolute atomic E-state index is 0.0271. The highest BCUT2D eigenvalue weighted by Gasteiger charge is 2.26. The predicted octanol–water partition coefficient (Wildman–Crippen LogP) is 6.33. The third kappa shape index (κ3) is 4.60. The minimum Gasteiger partial charge on any atom is -0.457 e. The topological polar surface area (TPSA) is 43.4 Å². The normalized spacial score (nSPS) is 12.5. The number of benzene rings is 2. The summed E-state index contributed by atoms with van der Waals surface area (Å²) < 4.78 is 5.82. The maximum atomic E-state index is 12.5. The fourth-order valence-corrected chi connectivity index (χ4v) is 2.52. The van der Waals surface area contributed by atoms with Crippen LogP contribution in [-0.4, -0.2) is 11.6 Å². The van der Waals surface area contributed by atoms with E-state index in [1.807, 2.05) is 34.6 Å². The lowest BCUT2D eigenvalue weighted by Gasteiger charge is -2.20. The number of ketones is 2. The second-order valence-corrected chi connectivity index (χ2v) is 7.39. The van der Waals surface area contributed by atoms with Gasteiger partial charge in [-0.15, -0.1) is 0 Å².